The molecule has 0 fully saturated rings. The van der Waals surface area contributed by atoms with Crippen molar-refractivity contribution in [2.45, 2.75) is 10.8 Å². The zero-order chi connectivity index (χ0) is 24.2. The molecular weight excluding hydrogens is 497 g/mol. The van der Waals surface area contributed by atoms with E-state index < -0.39 is 16.0 Å². The Bertz CT molecular complexity index is 1740. The van der Waals surface area contributed by atoms with Crippen molar-refractivity contribution >= 4 is 66.0 Å². The number of thiazole rings is 1. The second-order valence-corrected chi connectivity index (χ2v) is 12.0. The monoisotopic (exact) mass is 517 g/mol. The van der Waals surface area contributed by atoms with Crippen LogP contribution in [-0.2, 0) is 16.0 Å². The number of hydrogen-bond acceptors (Lipinski definition) is 5. The number of hydrogen-bond donors (Lipinski definition) is 1. The highest BCUT2D eigenvalue weighted by Gasteiger charge is 2.29. The molecule has 6 rings (SSSR count). The lowest BCUT2D eigenvalue weighted by Gasteiger charge is -2.14. The van der Waals surface area contributed by atoms with Crippen molar-refractivity contribution in [3.8, 4) is 11.1 Å². The molecule has 0 spiro atoms. The van der Waals surface area contributed by atoms with Crippen LogP contribution in [0.15, 0.2) is 94.9 Å². The van der Waals surface area contributed by atoms with Gasteiger partial charge in [0.1, 0.15) is 4.70 Å². The fourth-order valence-corrected chi connectivity index (χ4v) is 7.41. The van der Waals surface area contributed by atoms with Gasteiger partial charge in [-0.05, 0) is 40.8 Å². The molecule has 1 aliphatic rings. The topological polar surface area (TPSA) is 61.5 Å². The van der Waals surface area contributed by atoms with E-state index in [0.717, 1.165) is 52.7 Å². The lowest BCUT2D eigenvalue weighted by molar-refractivity contribution is -0.648. The van der Waals surface area contributed by atoms with E-state index >= 15 is 0 Å². The predicted molar refractivity (Wildman–Crippen MR) is 145 cm³/mol. The third-order valence-electron chi connectivity index (χ3n) is 6.13. The smallest absolute Gasteiger partial charge is 0.326 e. The van der Waals surface area contributed by atoms with E-state index in [-0.39, 0.29) is 0 Å². The van der Waals surface area contributed by atoms with E-state index in [1.54, 1.807) is 16.3 Å². The SMILES string of the molecule is CN1C(=Cc2sc3ccc4ccccc4c3[n+]2CS(=O)(=O)O)Sc2ccc(-c3ccccc3)cc21. The number of anilines is 1. The molecule has 5 nitrogen and oxygen atoms in total. The van der Waals surface area contributed by atoms with Crippen molar-refractivity contribution in [3.05, 3.63) is 95.0 Å². The maximum absolute atomic E-state index is 12.0. The van der Waals surface area contributed by atoms with Gasteiger partial charge in [-0.15, -0.1) is 0 Å². The van der Waals surface area contributed by atoms with Gasteiger partial charge in [0.05, 0.1) is 22.2 Å². The van der Waals surface area contributed by atoms with E-state index in [2.05, 4.69) is 35.2 Å². The van der Waals surface area contributed by atoms with Gasteiger partial charge in [0, 0.05) is 11.9 Å². The van der Waals surface area contributed by atoms with Crippen molar-refractivity contribution in [2.75, 3.05) is 11.9 Å². The Morgan fingerprint density at radius 3 is 2.51 bits per heavy atom. The average molecular weight is 518 g/mol. The van der Waals surface area contributed by atoms with Crippen LogP contribution in [0.4, 0.5) is 5.69 Å². The van der Waals surface area contributed by atoms with Crippen LogP contribution in [0.1, 0.15) is 5.01 Å². The standard InChI is InChI=1S/C27H20N2O3S3/c1-28-22-15-20(18-7-3-2-4-8-18)12-13-23(22)33-25(28)16-26-29(17-35(30,31)32)27-21-10-6-5-9-19(21)11-14-24(27)34-26/h2-16H,17H2,1H3/p+1. The first-order chi connectivity index (χ1) is 16.9. The average Bonchev–Trinajstić information content (AvgIpc) is 3.35. The predicted octanol–water partition coefficient (Wildman–Crippen LogP) is 6.39. The van der Waals surface area contributed by atoms with Gasteiger partial charge >= 0.3 is 10.1 Å². The zero-order valence-corrected chi connectivity index (χ0v) is 21.2. The Kier molecular flexibility index (Phi) is 5.41. The van der Waals surface area contributed by atoms with Gasteiger partial charge in [0.2, 0.25) is 5.52 Å². The Morgan fingerprint density at radius 1 is 0.943 bits per heavy atom. The largest absolute Gasteiger partial charge is 0.338 e. The molecule has 0 radical (unpaired) electrons. The summed E-state index contributed by atoms with van der Waals surface area (Å²) in [5.41, 5.74) is 4.23. The van der Waals surface area contributed by atoms with Crippen LogP contribution < -0.4 is 9.47 Å². The van der Waals surface area contributed by atoms with Gasteiger partial charge < -0.3 is 4.90 Å². The van der Waals surface area contributed by atoms with E-state index in [9.17, 15) is 13.0 Å². The molecule has 8 heteroatoms. The molecule has 0 atom stereocenters. The van der Waals surface area contributed by atoms with Crippen molar-refractivity contribution in [3.63, 3.8) is 0 Å². The van der Waals surface area contributed by atoms with Crippen LogP contribution in [-0.4, -0.2) is 20.0 Å². The maximum Gasteiger partial charge on any atom is 0.326 e. The molecule has 0 saturated heterocycles. The number of rotatable bonds is 4. The van der Waals surface area contributed by atoms with Crippen LogP contribution in [0.25, 0.3) is 38.2 Å². The summed E-state index contributed by atoms with van der Waals surface area (Å²) in [5.74, 6) is -0.500. The zero-order valence-electron chi connectivity index (χ0n) is 18.8. The summed E-state index contributed by atoms with van der Waals surface area (Å²) in [6, 6.07) is 28.7. The molecule has 174 valence electrons. The highest BCUT2D eigenvalue weighted by molar-refractivity contribution is 8.03. The van der Waals surface area contributed by atoms with Gasteiger partial charge in [-0.3, -0.25) is 4.55 Å². The molecule has 1 aliphatic heterocycles. The van der Waals surface area contributed by atoms with Crippen molar-refractivity contribution < 1.29 is 17.5 Å². The molecule has 0 amide bonds. The van der Waals surface area contributed by atoms with Crippen molar-refractivity contribution in [1.82, 2.24) is 0 Å². The summed E-state index contributed by atoms with van der Waals surface area (Å²) in [5, 5.41) is 3.73. The summed E-state index contributed by atoms with van der Waals surface area (Å²) in [6.45, 7) is 0. The molecule has 4 aromatic carbocycles. The Labute approximate surface area is 211 Å². The second-order valence-electron chi connectivity index (χ2n) is 8.40. The minimum absolute atomic E-state index is 0.500. The third kappa shape index (κ3) is 4.12. The number of benzene rings is 4. The Balaban J connectivity index is 1.47. The Morgan fingerprint density at radius 2 is 1.71 bits per heavy atom. The quantitative estimate of drug-likeness (QED) is 0.221. The summed E-state index contributed by atoms with van der Waals surface area (Å²) < 4.78 is 36.4. The number of thioether (sulfide) groups is 1. The molecule has 35 heavy (non-hydrogen) atoms. The summed E-state index contributed by atoms with van der Waals surface area (Å²) in [4.78, 5) is 3.28. The van der Waals surface area contributed by atoms with E-state index in [1.165, 1.54) is 11.3 Å². The van der Waals surface area contributed by atoms with Crippen LogP contribution in [0, 0.1) is 0 Å². The van der Waals surface area contributed by atoms with Crippen molar-refractivity contribution in [1.29, 1.82) is 0 Å². The highest BCUT2D eigenvalue weighted by Crippen LogP contribution is 2.47. The molecular formula is C27H21N2O3S3+. The van der Waals surface area contributed by atoms with Gasteiger partial charge in [-0.25, -0.2) is 0 Å². The number of nitrogens with zero attached hydrogens (tertiary/aromatic N) is 2. The molecule has 0 bridgehead atoms. The molecule has 2 heterocycles. The number of aromatic nitrogens is 1. The highest BCUT2D eigenvalue weighted by atomic mass is 32.2. The molecule has 1 aromatic heterocycles. The fourth-order valence-electron chi connectivity index (χ4n) is 4.48. The number of fused-ring (bicyclic) bond motifs is 4. The van der Waals surface area contributed by atoms with Gasteiger partial charge in [0.25, 0.3) is 10.9 Å². The van der Waals surface area contributed by atoms with E-state index in [4.69, 9.17) is 0 Å². The van der Waals surface area contributed by atoms with Crippen LogP contribution >= 0.6 is 23.1 Å². The van der Waals surface area contributed by atoms with E-state index in [1.807, 2.05) is 67.7 Å². The van der Waals surface area contributed by atoms with E-state index in [0.29, 0.717) is 0 Å². The molecule has 0 saturated carbocycles. The maximum atomic E-state index is 12.0. The summed E-state index contributed by atoms with van der Waals surface area (Å²) in [7, 11) is -2.22. The van der Waals surface area contributed by atoms with Gasteiger partial charge in [0.15, 0.2) is 0 Å². The summed E-state index contributed by atoms with van der Waals surface area (Å²) in [6.07, 6.45) is 2.01. The first-order valence-corrected chi connectivity index (χ1v) is 14.2. The van der Waals surface area contributed by atoms with Crippen molar-refractivity contribution in [2.24, 2.45) is 0 Å². The Hall–Kier alpha value is -3.17. The molecule has 5 aromatic rings. The van der Waals surface area contributed by atoms with Crippen LogP contribution in [0.5, 0.6) is 0 Å². The third-order valence-corrected chi connectivity index (χ3v) is 8.97. The lowest BCUT2D eigenvalue weighted by Crippen LogP contribution is -2.39. The first kappa shape index (κ1) is 22.3. The van der Waals surface area contributed by atoms with Gasteiger partial charge in [-0.2, -0.15) is 13.0 Å². The first-order valence-electron chi connectivity index (χ1n) is 11.0. The normalized spacial score (nSPS) is 14.8. The molecule has 0 unspecified atom stereocenters. The summed E-state index contributed by atoms with van der Waals surface area (Å²) >= 11 is 3.17. The lowest BCUT2D eigenvalue weighted by atomic mass is 10.1. The fraction of sp³-hybridized carbons (Fsp3) is 0.0741. The van der Waals surface area contributed by atoms with Crippen LogP contribution in [0.3, 0.4) is 0 Å². The minimum atomic E-state index is -4.25. The second kappa shape index (κ2) is 8.49. The van der Waals surface area contributed by atoms with Crippen LogP contribution in [0.2, 0.25) is 0 Å². The minimum Gasteiger partial charge on any atom is -0.338 e. The van der Waals surface area contributed by atoms with Gasteiger partial charge in [-0.1, -0.05) is 83.8 Å². The molecule has 1 N–H and O–H groups in total. The molecule has 0 aliphatic carbocycles.